The van der Waals surface area contributed by atoms with Crippen LogP contribution >= 0.6 is 11.8 Å². The van der Waals surface area contributed by atoms with Crippen molar-refractivity contribution in [2.24, 2.45) is 5.73 Å². The van der Waals surface area contributed by atoms with Crippen molar-refractivity contribution in [1.82, 2.24) is 0 Å². The fourth-order valence-corrected chi connectivity index (χ4v) is 3.33. The molecule has 0 aromatic carbocycles. The first-order chi connectivity index (χ1) is 9.22. The van der Waals surface area contributed by atoms with E-state index in [-0.39, 0.29) is 11.2 Å². The lowest BCUT2D eigenvalue weighted by Gasteiger charge is -2.12. The van der Waals surface area contributed by atoms with Gasteiger partial charge < -0.3 is 5.73 Å². The molecule has 1 amide bonds. The van der Waals surface area contributed by atoms with E-state index in [2.05, 4.69) is 13.8 Å². The van der Waals surface area contributed by atoms with Crippen molar-refractivity contribution in [3.8, 4) is 0 Å². The number of unbranched alkanes of at least 4 members (excludes halogenated alkanes) is 8. The molecule has 0 bridgehead atoms. The molecule has 2 N–H and O–H groups in total. The van der Waals surface area contributed by atoms with Crippen LogP contribution in [0.25, 0.3) is 0 Å². The first-order valence-corrected chi connectivity index (χ1v) is 9.18. The Hall–Kier alpha value is -0.180. The Morgan fingerprint density at radius 3 is 2.00 bits per heavy atom. The van der Waals surface area contributed by atoms with Gasteiger partial charge in [-0.2, -0.15) is 0 Å². The van der Waals surface area contributed by atoms with Gasteiger partial charge in [0.1, 0.15) is 0 Å². The minimum Gasteiger partial charge on any atom is -0.369 e. The highest BCUT2D eigenvalue weighted by Crippen LogP contribution is 2.20. The first-order valence-electron chi connectivity index (χ1n) is 8.13. The van der Waals surface area contributed by atoms with Crippen molar-refractivity contribution in [3.63, 3.8) is 0 Å². The van der Waals surface area contributed by atoms with Gasteiger partial charge in [0.05, 0.1) is 5.25 Å². The number of nitrogens with two attached hydrogens (primary N) is 1. The number of hydrogen-bond donors (Lipinski definition) is 1. The van der Waals surface area contributed by atoms with E-state index in [0.717, 1.165) is 18.6 Å². The second-order valence-corrected chi connectivity index (χ2v) is 6.69. The van der Waals surface area contributed by atoms with Gasteiger partial charge in [-0.3, -0.25) is 4.79 Å². The molecule has 0 aliphatic rings. The average Bonchev–Trinajstić information content (AvgIpc) is 2.39. The van der Waals surface area contributed by atoms with Crippen LogP contribution in [0, 0.1) is 0 Å². The minimum atomic E-state index is -0.117. The molecule has 0 saturated carbocycles. The second kappa shape index (κ2) is 14.2. The van der Waals surface area contributed by atoms with E-state index in [9.17, 15) is 4.79 Å². The van der Waals surface area contributed by atoms with Crippen molar-refractivity contribution < 1.29 is 4.79 Å². The van der Waals surface area contributed by atoms with Gasteiger partial charge >= 0.3 is 0 Å². The Kier molecular flexibility index (Phi) is 14.1. The van der Waals surface area contributed by atoms with Crippen molar-refractivity contribution in [3.05, 3.63) is 0 Å². The number of carbonyl (C=O) groups is 1. The zero-order valence-electron chi connectivity index (χ0n) is 13.0. The Balaban J connectivity index is 3.54. The highest BCUT2D eigenvalue weighted by atomic mass is 32.2. The Bertz CT molecular complexity index is 209. The van der Waals surface area contributed by atoms with Crippen molar-refractivity contribution in [1.29, 1.82) is 0 Å². The van der Waals surface area contributed by atoms with E-state index >= 15 is 0 Å². The highest BCUT2D eigenvalue weighted by molar-refractivity contribution is 8.00. The monoisotopic (exact) mass is 287 g/mol. The molecular weight excluding hydrogens is 254 g/mol. The molecule has 0 saturated heterocycles. The predicted octanol–water partition coefficient (Wildman–Crippen LogP) is 4.90. The summed E-state index contributed by atoms with van der Waals surface area (Å²) in [5.74, 6) is 0.970. The van der Waals surface area contributed by atoms with Gasteiger partial charge in [-0.15, -0.1) is 11.8 Å². The predicted molar refractivity (Wildman–Crippen MR) is 87.6 cm³/mol. The van der Waals surface area contributed by atoms with E-state index in [1.54, 1.807) is 11.8 Å². The molecule has 1 unspecified atom stereocenters. The molecule has 0 heterocycles. The van der Waals surface area contributed by atoms with E-state index in [4.69, 9.17) is 5.73 Å². The third-order valence-corrected chi connectivity index (χ3v) is 4.85. The standard InChI is InChI=1S/C16H33NOS/c1-3-5-7-9-10-11-13-15(16(17)18)19-14-12-8-6-4-2/h15H,3-14H2,1-2H3,(H2,17,18). The number of carbonyl (C=O) groups excluding carboxylic acids is 1. The third kappa shape index (κ3) is 12.6. The van der Waals surface area contributed by atoms with Crippen LogP contribution in [-0.2, 0) is 4.79 Å². The number of thioether (sulfide) groups is 1. The number of amides is 1. The van der Waals surface area contributed by atoms with Crippen LogP contribution in [0.1, 0.15) is 84.5 Å². The quantitative estimate of drug-likeness (QED) is 0.461. The van der Waals surface area contributed by atoms with Gasteiger partial charge in [0, 0.05) is 0 Å². The molecule has 3 heteroatoms. The third-order valence-electron chi connectivity index (χ3n) is 3.45. The minimum absolute atomic E-state index is 0.0489. The van der Waals surface area contributed by atoms with Gasteiger partial charge in [0.2, 0.25) is 5.91 Å². The largest absolute Gasteiger partial charge is 0.369 e. The molecule has 0 spiro atoms. The van der Waals surface area contributed by atoms with Gasteiger partial charge in [0.25, 0.3) is 0 Å². The van der Waals surface area contributed by atoms with Gasteiger partial charge in [-0.1, -0.05) is 71.6 Å². The van der Waals surface area contributed by atoms with Crippen LogP contribution in [0.15, 0.2) is 0 Å². The van der Waals surface area contributed by atoms with Crippen LogP contribution < -0.4 is 5.73 Å². The number of primary amides is 1. The summed E-state index contributed by atoms with van der Waals surface area (Å²) in [6.07, 6.45) is 13.7. The SMILES string of the molecule is CCCCCCCCC(SCCCCCC)C(N)=O. The summed E-state index contributed by atoms with van der Waals surface area (Å²) in [4.78, 5) is 11.4. The van der Waals surface area contributed by atoms with E-state index in [1.807, 2.05) is 0 Å². The van der Waals surface area contributed by atoms with Gasteiger partial charge in [-0.25, -0.2) is 0 Å². The summed E-state index contributed by atoms with van der Waals surface area (Å²) in [5, 5.41) is 0.0489. The molecule has 0 radical (unpaired) electrons. The molecule has 0 aliphatic heterocycles. The normalized spacial score (nSPS) is 12.5. The van der Waals surface area contributed by atoms with Crippen molar-refractivity contribution in [2.75, 3.05) is 5.75 Å². The van der Waals surface area contributed by atoms with Crippen LogP contribution in [0.3, 0.4) is 0 Å². The van der Waals surface area contributed by atoms with E-state index in [1.165, 1.54) is 57.8 Å². The summed E-state index contributed by atoms with van der Waals surface area (Å²) in [6, 6.07) is 0. The molecule has 2 nitrogen and oxygen atoms in total. The lowest BCUT2D eigenvalue weighted by Crippen LogP contribution is -2.26. The van der Waals surface area contributed by atoms with Crippen LogP contribution in [-0.4, -0.2) is 16.9 Å². The van der Waals surface area contributed by atoms with Crippen LogP contribution in [0.4, 0.5) is 0 Å². The molecule has 0 rings (SSSR count). The summed E-state index contributed by atoms with van der Waals surface area (Å²) < 4.78 is 0. The van der Waals surface area contributed by atoms with Crippen LogP contribution in [0.5, 0.6) is 0 Å². The zero-order chi connectivity index (χ0) is 14.3. The zero-order valence-corrected chi connectivity index (χ0v) is 13.8. The molecule has 1 atom stereocenters. The Labute approximate surface area is 124 Å². The fourth-order valence-electron chi connectivity index (χ4n) is 2.17. The van der Waals surface area contributed by atoms with Gasteiger partial charge in [-0.05, 0) is 18.6 Å². The Morgan fingerprint density at radius 1 is 0.895 bits per heavy atom. The summed E-state index contributed by atoms with van der Waals surface area (Å²) >= 11 is 1.77. The van der Waals surface area contributed by atoms with Gasteiger partial charge in [0.15, 0.2) is 0 Å². The molecule has 19 heavy (non-hydrogen) atoms. The maximum atomic E-state index is 11.4. The van der Waals surface area contributed by atoms with Crippen molar-refractivity contribution in [2.45, 2.75) is 89.7 Å². The maximum absolute atomic E-state index is 11.4. The molecule has 0 aromatic rings. The average molecular weight is 288 g/mol. The fraction of sp³-hybridized carbons (Fsp3) is 0.938. The summed E-state index contributed by atoms with van der Waals surface area (Å²) in [6.45, 7) is 4.45. The Morgan fingerprint density at radius 2 is 1.42 bits per heavy atom. The topological polar surface area (TPSA) is 43.1 Å². The van der Waals surface area contributed by atoms with E-state index < -0.39 is 0 Å². The number of hydrogen-bond acceptors (Lipinski definition) is 2. The van der Waals surface area contributed by atoms with Crippen molar-refractivity contribution >= 4 is 17.7 Å². The summed E-state index contributed by atoms with van der Waals surface area (Å²) in [5.41, 5.74) is 5.48. The van der Waals surface area contributed by atoms with Crippen LogP contribution in [0.2, 0.25) is 0 Å². The lowest BCUT2D eigenvalue weighted by molar-refractivity contribution is -0.117. The lowest BCUT2D eigenvalue weighted by atomic mass is 10.1. The molecular formula is C16H33NOS. The summed E-state index contributed by atoms with van der Waals surface area (Å²) in [7, 11) is 0. The first kappa shape index (κ1) is 18.8. The highest BCUT2D eigenvalue weighted by Gasteiger charge is 2.14. The van der Waals surface area contributed by atoms with E-state index in [0.29, 0.717) is 0 Å². The molecule has 0 aromatic heterocycles. The smallest absolute Gasteiger partial charge is 0.230 e. The molecule has 114 valence electrons. The molecule has 0 aliphatic carbocycles. The molecule has 0 fully saturated rings. The number of rotatable bonds is 14. The second-order valence-electron chi connectivity index (χ2n) is 5.38. The maximum Gasteiger partial charge on any atom is 0.230 e.